The van der Waals surface area contributed by atoms with Crippen LogP contribution in [-0.4, -0.2) is 22.1 Å². The predicted octanol–water partition coefficient (Wildman–Crippen LogP) is 3.81. The Hall–Kier alpha value is -2.53. The van der Waals surface area contributed by atoms with Gasteiger partial charge in [-0.3, -0.25) is 0 Å². The molecule has 0 amide bonds. The smallest absolute Gasteiger partial charge is 0.338 e. The molecular weight excluding hydrogens is 326 g/mol. The summed E-state index contributed by atoms with van der Waals surface area (Å²) in [6.07, 6.45) is 0. The first-order valence-electron chi connectivity index (χ1n) is 7.67. The first-order chi connectivity index (χ1) is 11.5. The summed E-state index contributed by atoms with van der Waals surface area (Å²) in [6, 6.07) is 10.8. The topological polar surface area (TPSA) is 70.1 Å². The largest absolute Gasteiger partial charge is 0.462 e. The van der Waals surface area contributed by atoms with Crippen molar-refractivity contribution in [2.24, 2.45) is 0 Å². The molecule has 0 aliphatic rings. The second-order valence-electron chi connectivity index (χ2n) is 5.52. The van der Waals surface area contributed by atoms with Crippen LogP contribution in [0.1, 0.15) is 28.7 Å². The number of hydrogen-bond donors (Lipinski definition) is 1. The highest BCUT2D eigenvalue weighted by molar-refractivity contribution is 6.31. The number of nitrogens with zero attached hydrogens (tertiary/aromatic N) is 2. The number of carbonyl (C=O) groups is 1. The average Bonchev–Trinajstić information content (AvgIpc) is 2.85. The van der Waals surface area contributed by atoms with Crippen LogP contribution in [0.4, 0.5) is 5.69 Å². The quantitative estimate of drug-likeness (QED) is 0.577. The summed E-state index contributed by atoms with van der Waals surface area (Å²) < 4.78 is 7.09. The number of benzene rings is 2. The molecule has 124 valence electrons. The zero-order chi connectivity index (χ0) is 17.3. The van der Waals surface area contributed by atoms with Gasteiger partial charge in [0.15, 0.2) is 0 Å². The van der Waals surface area contributed by atoms with Gasteiger partial charge in [-0.05, 0) is 49.7 Å². The normalized spacial score (nSPS) is 11.0. The van der Waals surface area contributed by atoms with E-state index in [0.29, 0.717) is 29.4 Å². The molecule has 3 aromatic rings. The molecular formula is C18H18ClN3O2. The number of aryl methyl sites for hydroxylation is 1. The van der Waals surface area contributed by atoms with Gasteiger partial charge in [-0.2, -0.15) is 0 Å². The van der Waals surface area contributed by atoms with Gasteiger partial charge in [0.1, 0.15) is 5.82 Å². The zero-order valence-corrected chi connectivity index (χ0v) is 14.3. The standard InChI is InChI=1S/C18H18ClN3O2/c1-3-24-18(23)12-5-7-16-17(8-12)22(11(2)21-16)10-13-4-6-14(20)9-15(13)19/h4-9H,3,10,20H2,1-2H3. The number of nitrogens with two attached hydrogens (primary N) is 1. The minimum absolute atomic E-state index is 0.338. The first kappa shape index (κ1) is 16.3. The van der Waals surface area contributed by atoms with Gasteiger partial charge in [-0.15, -0.1) is 0 Å². The third-order valence-electron chi connectivity index (χ3n) is 3.86. The van der Waals surface area contributed by atoms with Gasteiger partial charge < -0.3 is 15.0 Å². The Kier molecular flexibility index (Phi) is 4.44. The number of imidazole rings is 1. The minimum atomic E-state index is -0.338. The summed E-state index contributed by atoms with van der Waals surface area (Å²) in [4.78, 5) is 16.5. The second-order valence-corrected chi connectivity index (χ2v) is 5.93. The first-order valence-corrected chi connectivity index (χ1v) is 8.05. The fourth-order valence-electron chi connectivity index (χ4n) is 2.65. The van der Waals surface area contributed by atoms with Gasteiger partial charge in [0.2, 0.25) is 0 Å². The van der Waals surface area contributed by atoms with E-state index in [-0.39, 0.29) is 5.97 Å². The van der Waals surface area contributed by atoms with E-state index in [1.54, 1.807) is 25.1 Å². The highest BCUT2D eigenvalue weighted by Gasteiger charge is 2.13. The van der Waals surface area contributed by atoms with Crippen LogP contribution in [0.25, 0.3) is 11.0 Å². The lowest BCUT2D eigenvalue weighted by Crippen LogP contribution is -2.06. The van der Waals surface area contributed by atoms with E-state index in [1.807, 2.05) is 29.7 Å². The van der Waals surface area contributed by atoms with Crippen LogP contribution in [-0.2, 0) is 11.3 Å². The van der Waals surface area contributed by atoms with E-state index in [1.165, 1.54) is 0 Å². The van der Waals surface area contributed by atoms with E-state index in [2.05, 4.69) is 4.98 Å². The number of hydrogen-bond acceptors (Lipinski definition) is 4. The van der Waals surface area contributed by atoms with Crippen LogP contribution < -0.4 is 5.73 Å². The van der Waals surface area contributed by atoms with Crippen LogP contribution in [0.15, 0.2) is 36.4 Å². The van der Waals surface area contributed by atoms with Gasteiger partial charge in [-0.25, -0.2) is 9.78 Å². The minimum Gasteiger partial charge on any atom is -0.462 e. The Morgan fingerprint density at radius 2 is 2.08 bits per heavy atom. The Balaban J connectivity index is 2.04. The number of halogens is 1. The summed E-state index contributed by atoms with van der Waals surface area (Å²) in [5.41, 5.74) is 9.51. The van der Waals surface area contributed by atoms with Crippen molar-refractivity contribution in [3.63, 3.8) is 0 Å². The number of carbonyl (C=O) groups excluding carboxylic acids is 1. The Morgan fingerprint density at radius 1 is 1.29 bits per heavy atom. The SMILES string of the molecule is CCOC(=O)c1ccc2nc(C)n(Cc3ccc(N)cc3Cl)c2c1. The van der Waals surface area contributed by atoms with Crippen LogP contribution >= 0.6 is 11.6 Å². The number of nitrogen functional groups attached to an aromatic ring is 1. The molecule has 0 unspecified atom stereocenters. The molecule has 2 aromatic carbocycles. The predicted molar refractivity (Wildman–Crippen MR) is 95.4 cm³/mol. The van der Waals surface area contributed by atoms with Crippen LogP contribution in [0.3, 0.4) is 0 Å². The van der Waals surface area contributed by atoms with Crippen molar-refractivity contribution >= 4 is 34.3 Å². The van der Waals surface area contributed by atoms with Crippen LogP contribution in [0, 0.1) is 6.92 Å². The summed E-state index contributed by atoms with van der Waals surface area (Å²) in [6.45, 7) is 4.60. The fraction of sp³-hybridized carbons (Fsp3) is 0.222. The third-order valence-corrected chi connectivity index (χ3v) is 4.21. The molecule has 0 saturated heterocycles. The molecule has 1 heterocycles. The Bertz CT molecular complexity index is 918. The molecule has 0 spiro atoms. The molecule has 0 fully saturated rings. The monoisotopic (exact) mass is 343 g/mol. The second kappa shape index (κ2) is 6.53. The Morgan fingerprint density at radius 3 is 2.79 bits per heavy atom. The van der Waals surface area contributed by atoms with Crippen molar-refractivity contribution in [1.82, 2.24) is 9.55 Å². The summed E-state index contributed by atoms with van der Waals surface area (Å²) in [5.74, 6) is 0.509. The molecule has 1 aromatic heterocycles. The van der Waals surface area contributed by atoms with E-state index < -0.39 is 0 Å². The van der Waals surface area contributed by atoms with Crippen molar-refractivity contribution < 1.29 is 9.53 Å². The van der Waals surface area contributed by atoms with Crippen molar-refractivity contribution in [2.45, 2.75) is 20.4 Å². The van der Waals surface area contributed by atoms with Crippen LogP contribution in [0.2, 0.25) is 5.02 Å². The van der Waals surface area contributed by atoms with Gasteiger partial charge in [0.05, 0.1) is 29.7 Å². The van der Waals surface area contributed by atoms with Crippen LogP contribution in [0.5, 0.6) is 0 Å². The molecule has 5 nitrogen and oxygen atoms in total. The van der Waals surface area contributed by atoms with Gasteiger partial charge in [-0.1, -0.05) is 17.7 Å². The van der Waals surface area contributed by atoms with E-state index in [4.69, 9.17) is 22.1 Å². The maximum absolute atomic E-state index is 12.0. The number of aromatic nitrogens is 2. The maximum Gasteiger partial charge on any atom is 0.338 e. The molecule has 6 heteroatoms. The zero-order valence-electron chi connectivity index (χ0n) is 13.5. The molecule has 0 radical (unpaired) electrons. The highest BCUT2D eigenvalue weighted by atomic mass is 35.5. The summed E-state index contributed by atoms with van der Waals surface area (Å²) in [5, 5.41) is 0.609. The summed E-state index contributed by atoms with van der Waals surface area (Å²) in [7, 11) is 0. The Labute approximate surface area is 145 Å². The number of esters is 1. The molecule has 3 rings (SSSR count). The van der Waals surface area contributed by atoms with Gasteiger partial charge in [0.25, 0.3) is 0 Å². The lowest BCUT2D eigenvalue weighted by atomic mass is 10.1. The third kappa shape index (κ3) is 3.08. The van der Waals surface area contributed by atoms with Crippen molar-refractivity contribution in [3.05, 3.63) is 58.4 Å². The highest BCUT2D eigenvalue weighted by Crippen LogP contribution is 2.24. The van der Waals surface area contributed by atoms with Crippen molar-refractivity contribution in [3.8, 4) is 0 Å². The number of anilines is 1. The van der Waals surface area contributed by atoms with Crippen molar-refractivity contribution in [1.29, 1.82) is 0 Å². The van der Waals surface area contributed by atoms with E-state index in [9.17, 15) is 4.79 Å². The molecule has 0 saturated carbocycles. The average molecular weight is 344 g/mol. The lowest BCUT2D eigenvalue weighted by Gasteiger charge is -2.10. The molecule has 0 aliphatic heterocycles. The maximum atomic E-state index is 12.0. The fourth-order valence-corrected chi connectivity index (χ4v) is 2.90. The molecule has 0 aliphatic carbocycles. The number of fused-ring (bicyclic) bond motifs is 1. The molecule has 0 bridgehead atoms. The van der Waals surface area contributed by atoms with Crippen molar-refractivity contribution in [2.75, 3.05) is 12.3 Å². The molecule has 0 atom stereocenters. The van der Waals surface area contributed by atoms with E-state index >= 15 is 0 Å². The molecule has 24 heavy (non-hydrogen) atoms. The number of ether oxygens (including phenoxy) is 1. The van der Waals surface area contributed by atoms with Gasteiger partial charge in [0, 0.05) is 10.7 Å². The molecule has 2 N–H and O–H groups in total. The van der Waals surface area contributed by atoms with Gasteiger partial charge >= 0.3 is 5.97 Å². The summed E-state index contributed by atoms with van der Waals surface area (Å²) >= 11 is 6.29. The lowest BCUT2D eigenvalue weighted by molar-refractivity contribution is 0.0526. The van der Waals surface area contributed by atoms with E-state index in [0.717, 1.165) is 22.4 Å². The number of rotatable bonds is 4.